The molecule has 3 fully saturated rings. The van der Waals surface area contributed by atoms with Crippen LogP contribution in [-0.4, -0.2) is 23.9 Å². The molecule has 1 saturated carbocycles. The maximum atomic E-state index is 11.2. The van der Waals surface area contributed by atoms with Gasteiger partial charge in [-0.15, -0.1) is 0 Å². The number of carbonyl (C=O) groups excluding carboxylic acids is 2. The molecule has 5 N–H and O–H groups in total. The van der Waals surface area contributed by atoms with Gasteiger partial charge in [0.05, 0.1) is 5.92 Å². The van der Waals surface area contributed by atoms with Gasteiger partial charge in [0.1, 0.15) is 5.54 Å². The minimum atomic E-state index is -0.825. The number of rotatable bonds is 2. The highest BCUT2D eigenvalue weighted by atomic mass is 16.2. The van der Waals surface area contributed by atoms with Crippen molar-refractivity contribution in [2.75, 3.05) is 6.54 Å². The molecule has 0 spiro atoms. The molecule has 2 heterocycles. The van der Waals surface area contributed by atoms with Gasteiger partial charge >= 0.3 is 0 Å². The number of nitrogens with two attached hydrogens (primary N) is 2. The van der Waals surface area contributed by atoms with Crippen molar-refractivity contribution in [1.82, 2.24) is 5.32 Å². The molecule has 72 valence electrons. The molecule has 5 heteroatoms. The molecule has 2 bridgehead atoms. The number of carbonyl (C=O) groups is 2. The van der Waals surface area contributed by atoms with E-state index in [1.807, 2.05) is 0 Å². The van der Waals surface area contributed by atoms with Gasteiger partial charge in [0.25, 0.3) is 0 Å². The first kappa shape index (κ1) is 8.50. The quantitative estimate of drug-likeness (QED) is 0.477. The van der Waals surface area contributed by atoms with Crippen LogP contribution in [0.5, 0.6) is 0 Å². The summed E-state index contributed by atoms with van der Waals surface area (Å²) in [7, 11) is 0. The third-order valence-corrected chi connectivity index (χ3v) is 3.29. The molecule has 0 aromatic rings. The summed E-state index contributed by atoms with van der Waals surface area (Å²) in [5.41, 5.74) is 9.66. The summed E-state index contributed by atoms with van der Waals surface area (Å²) in [5.74, 6) is -1.00. The predicted octanol–water partition coefficient (Wildman–Crippen LogP) is -1.67. The van der Waals surface area contributed by atoms with Gasteiger partial charge in [-0.3, -0.25) is 9.59 Å². The van der Waals surface area contributed by atoms with Crippen LogP contribution in [0.2, 0.25) is 0 Å². The van der Waals surface area contributed by atoms with Crippen LogP contribution in [0, 0.1) is 11.8 Å². The van der Waals surface area contributed by atoms with Crippen LogP contribution < -0.4 is 16.8 Å². The number of piperidine rings is 2. The number of primary amides is 2. The summed E-state index contributed by atoms with van der Waals surface area (Å²) in [6, 6.07) is 0. The molecule has 3 aliphatic rings. The Morgan fingerprint density at radius 3 is 2.46 bits per heavy atom. The van der Waals surface area contributed by atoms with Gasteiger partial charge in [-0.1, -0.05) is 0 Å². The first-order valence-corrected chi connectivity index (χ1v) is 4.42. The van der Waals surface area contributed by atoms with Crippen molar-refractivity contribution in [3.8, 4) is 0 Å². The summed E-state index contributed by atoms with van der Waals surface area (Å²) < 4.78 is 0. The minimum Gasteiger partial charge on any atom is -0.369 e. The number of hydrogen-bond acceptors (Lipinski definition) is 3. The van der Waals surface area contributed by atoms with Crippen molar-refractivity contribution in [2.24, 2.45) is 23.3 Å². The molecule has 2 aliphatic heterocycles. The SMILES string of the molecule is NC(=O)C1C2CCNC1(C(N)=O)C2. The molecular weight excluding hydrogens is 170 g/mol. The zero-order chi connectivity index (χ0) is 9.64. The number of amides is 2. The lowest BCUT2D eigenvalue weighted by Crippen LogP contribution is -2.75. The van der Waals surface area contributed by atoms with Gasteiger partial charge in [-0.05, 0) is 25.3 Å². The zero-order valence-electron chi connectivity index (χ0n) is 7.25. The predicted molar refractivity (Wildman–Crippen MR) is 45.3 cm³/mol. The highest BCUT2D eigenvalue weighted by Gasteiger charge is 2.62. The van der Waals surface area contributed by atoms with Crippen LogP contribution in [0.25, 0.3) is 0 Å². The molecule has 0 radical (unpaired) electrons. The van der Waals surface area contributed by atoms with Crippen molar-refractivity contribution in [1.29, 1.82) is 0 Å². The molecule has 3 unspecified atom stereocenters. The summed E-state index contributed by atoms with van der Waals surface area (Å²) in [4.78, 5) is 22.3. The fourth-order valence-electron chi connectivity index (χ4n) is 2.65. The van der Waals surface area contributed by atoms with E-state index in [2.05, 4.69) is 5.32 Å². The first-order chi connectivity index (χ1) is 6.08. The van der Waals surface area contributed by atoms with Crippen LogP contribution in [0.3, 0.4) is 0 Å². The number of hydrogen-bond donors (Lipinski definition) is 3. The average molecular weight is 183 g/mol. The van der Waals surface area contributed by atoms with E-state index >= 15 is 0 Å². The maximum Gasteiger partial charge on any atom is 0.238 e. The van der Waals surface area contributed by atoms with Gasteiger partial charge in [0.15, 0.2) is 0 Å². The third-order valence-electron chi connectivity index (χ3n) is 3.29. The molecule has 2 saturated heterocycles. The van der Waals surface area contributed by atoms with Gasteiger partial charge in [0, 0.05) is 0 Å². The van der Waals surface area contributed by atoms with E-state index in [9.17, 15) is 9.59 Å². The highest BCUT2D eigenvalue weighted by Crippen LogP contribution is 2.48. The maximum absolute atomic E-state index is 11.2. The van der Waals surface area contributed by atoms with E-state index < -0.39 is 23.3 Å². The van der Waals surface area contributed by atoms with Crippen molar-refractivity contribution >= 4 is 11.8 Å². The molecule has 1 aliphatic carbocycles. The van der Waals surface area contributed by atoms with E-state index in [0.29, 0.717) is 6.42 Å². The Morgan fingerprint density at radius 1 is 1.38 bits per heavy atom. The fraction of sp³-hybridized carbons (Fsp3) is 0.750. The van der Waals surface area contributed by atoms with Crippen LogP contribution in [0.15, 0.2) is 0 Å². The average Bonchev–Trinajstić information content (AvgIpc) is 2.03. The van der Waals surface area contributed by atoms with Gasteiger partial charge < -0.3 is 16.8 Å². The Hall–Kier alpha value is -1.10. The second-order valence-electron chi connectivity index (χ2n) is 3.90. The normalized spacial score (nSPS) is 42.2. The Balaban J connectivity index is 2.27. The van der Waals surface area contributed by atoms with E-state index in [4.69, 9.17) is 11.5 Å². The van der Waals surface area contributed by atoms with Crippen molar-refractivity contribution in [3.05, 3.63) is 0 Å². The van der Waals surface area contributed by atoms with Crippen molar-refractivity contribution in [3.63, 3.8) is 0 Å². The van der Waals surface area contributed by atoms with Crippen LogP contribution in [-0.2, 0) is 9.59 Å². The van der Waals surface area contributed by atoms with Crippen molar-refractivity contribution in [2.45, 2.75) is 18.4 Å². The van der Waals surface area contributed by atoms with Crippen molar-refractivity contribution < 1.29 is 9.59 Å². The monoisotopic (exact) mass is 183 g/mol. The Morgan fingerprint density at radius 2 is 2.08 bits per heavy atom. The van der Waals surface area contributed by atoms with E-state index in [0.717, 1.165) is 13.0 Å². The van der Waals surface area contributed by atoms with E-state index in [1.54, 1.807) is 0 Å². The zero-order valence-corrected chi connectivity index (χ0v) is 7.25. The van der Waals surface area contributed by atoms with Crippen LogP contribution >= 0.6 is 0 Å². The third kappa shape index (κ3) is 0.904. The lowest BCUT2D eigenvalue weighted by Gasteiger charge is -2.56. The van der Waals surface area contributed by atoms with Gasteiger partial charge in [-0.2, -0.15) is 0 Å². The summed E-state index contributed by atoms with van der Waals surface area (Å²) in [5, 5.41) is 3.02. The molecule has 2 amide bonds. The lowest BCUT2D eigenvalue weighted by atomic mass is 9.55. The lowest BCUT2D eigenvalue weighted by molar-refractivity contribution is -0.152. The molecule has 3 atom stereocenters. The summed E-state index contributed by atoms with van der Waals surface area (Å²) >= 11 is 0. The number of fused-ring (bicyclic) bond motifs is 2. The fourth-order valence-corrected chi connectivity index (χ4v) is 2.65. The van der Waals surface area contributed by atoms with Gasteiger partial charge in [-0.25, -0.2) is 0 Å². The molecule has 3 rings (SSSR count). The summed E-state index contributed by atoms with van der Waals surface area (Å²) in [6.07, 6.45) is 1.57. The second kappa shape index (κ2) is 2.45. The van der Waals surface area contributed by atoms with E-state index in [-0.39, 0.29) is 5.92 Å². The smallest absolute Gasteiger partial charge is 0.238 e. The molecular formula is C8H13N3O2. The Kier molecular flexibility index (Phi) is 1.60. The highest BCUT2D eigenvalue weighted by molar-refractivity contribution is 5.95. The van der Waals surface area contributed by atoms with Crippen LogP contribution in [0.1, 0.15) is 12.8 Å². The molecule has 0 aromatic heterocycles. The Bertz CT molecular complexity index is 275. The first-order valence-electron chi connectivity index (χ1n) is 4.42. The van der Waals surface area contributed by atoms with E-state index in [1.165, 1.54) is 0 Å². The minimum absolute atomic E-state index is 0.256. The molecule has 5 nitrogen and oxygen atoms in total. The van der Waals surface area contributed by atoms with Gasteiger partial charge in [0.2, 0.25) is 11.8 Å². The standard InChI is InChI=1S/C8H13N3O2/c9-6(12)5-4-1-2-11-8(5,3-4)7(10)13/h4-5,11H,1-3H2,(H2,9,12)(H2,10,13). The summed E-state index contributed by atoms with van der Waals surface area (Å²) in [6.45, 7) is 0.747. The second-order valence-corrected chi connectivity index (χ2v) is 3.90. The number of nitrogens with one attached hydrogen (secondary N) is 1. The molecule has 13 heavy (non-hydrogen) atoms. The van der Waals surface area contributed by atoms with Crippen LogP contribution in [0.4, 0.5) is 0 Å². The molecule has 0 aromatic carbocycles. The Labute approximate surface area is 75.8 Å². The largest absolute Gasteiger partial charge is 0.369 e. The topological polar surface area (TPSA) is 98.2 Å².